The van der Waals surface area contributed by atoms with Crippen LogP contribution < -0.4 is 0 Å². The molecule has 0 atom stereocenters. The molecule has 0 radical (unpaired) electrons. The van der Waals surface area contributed by atoms with Crippen LogP contribution in [0.3, 0.4) is 0 Å². The molecule has 0 aliphatic rings. The number of hydrogen-bond donors (Lipinski definition) is 0. The molecule has 14 heavy (non-hydrogen) atoms. The summed E-state index contributed by atoms with van der Waals surface area (Å²) in [6.07, 6.45) is 0. The molecule has 0 fully saturated rings. The first-order chi connectivity index (χ1) is 5.29. The third kappa shape index (κ3) is 23.4. The summed E-state index contributed by atoms with van der Waals surface area (Å²) in [5.74, 6) is 0. The summed E-state index contributed by atoms with van der Waals surface area (Å²) in [6.45, 7) is 0. The minimum atomic E-state index is 0. The number of hydrogen-bond acceptors (Lipinski definition) is 4. The van der Waals surface area contributed by atoms with Gasteiger partial charge in [-0.05, 0) is 0 Å². The zero-order valence-corrected chi connectivity index (χ0v) is 18.1. The molecule has 0 aromatic rings. The van der Waals surface area contributed by atoms with Crippen molar-refractivity contribution < 1.29 is 39.0 Å². The molecule has 0 aromatic heterocycles. The minimum absolute atomic E-state index is 0. The van der Waals surface area contributed by atoms with E-state index in [0.29, 0.717) is 8.64 Å². The summed E-state index contributed by atoms with van der Waals surface area (Å²) < 4.78 is 1.02. The SMILES string of the molecule is CN(C)C(=S)[S-].CN(C)C(=S)[S-].[Zn+2].[Zn+2]. The normalized spacial score (nSPS) is 6.57. The Morgan fingerprint density at radius 3 is 0.857 bits per heavy atom. The third-order valence-electron chi connectivity index (χ3n) is 0.730. The fourth-order valence-corrected chi connectivity index (χ4v) is 0. The maximum atomic E-state index is 4.56. The van der Waals surface area contributed by atoms with E-state index < -0.39 is 0 Å². The van der Waals surface area contributed by atoms with Crippen LogP contribution in [-0.2, 0) is 64.2 Å². The molecule has 0 N–H and O–H groups in total. The molecule has 0 amide bonds. The van der Waals surface area contributed by atoms with E-state index in [4.69, 9.17) is 0 Å². The molecule has 8 heteroatoms. The molecule has 0 bridgehead atoms. The van der Waals surface area contributed by atoms with E-state index >= 15 is 0 Å². The monoisotopic (exact) mass is 368 g/mol. The van der Waals surface area contributed by atoms with Crippen molar-refractivity contribution >= 4 is 58.3 Å². The quantitative estimate of drug-likeness (QED) is 0.350. The second-order valence-corrected chi connectivity index (χ2v) is 4.38. The Labute approximate surface area is 134 Å². The standard InChI is InChI=1S/2C3H7NS2.2Zn/c2*1-4(2)3(5)6;;/h2*1-2H3,(H,5,6);;/q;;2*+2/p-2. The predicted octanol–water partition coefficient (Wildman–Crippen LogP) is 0.755. The van der Waals surface area contributed by atoms with Gasteiger partial charge in [-0.3, -0.25) is 0 Å². The summed E-state index contributed by atoms with van der Waals surface area (Å²) in [6, 6.07) is 0. The second kappa shape index (κ2) is 14.5. The van der Waals surface area contributed by atoms with Crippen LogP contribution in [0.25, 0.3) is 0 Å². The van der Waals surface area contributed by atoms with Crippen molar-refractivity contribution in [3.63, 3.8) is 0 Å². The molecule has 0 aliphatic carbocycles. The van der Waals surface area contributed by atoms with Crippen LogP contribution in [0.4, 0.5) is 0 Å². The Kier molecular flexibility index (Phi) is 25.4. The molecule has 0 unspecified atom stereocenters. The number of rotatable bonds is 0. The Morgan fingerprint density at radius 2 is 0.857 bits per heavy atom. The zero-order chi connectivity index (χ0) is 10.3. The van der Waals surface area contributed by atoms with Gasteiger partial charge in [0.1, 0.15) is 0 Å². The fourth-order valence-electron chi connectivity index (χ4n) is 0. The maximum absolute atomic E-state index is 4.56. The smallest absolute Gasteiger partial charge is 0.411 e. The average Bonchev–Trinajstić information content (AvgIpc) is 1.88. The first-order valence-electron chi connectivity index (χ1n) is 3.05. The first kappa shape index (κ1) is 24.6. The van der Waals surface area contributed by atoms with Crippen LogP contribution in [0, 0.1) is 0 Å². The van der Waals surface area contributed by atoms with Crippen molar-refractivity contribution in [3.8, 4) is 0 Å². The van der Waals surface area contributed by atoms with Gasteiger partial charge in [-0.1, -0.05) is 8.64 Å². The second-order valence-electron chi connectivity index (χ2n) is 2.32. The molecular formula is C6H12N2S4Zn2+2. The van der Waals surface area contributed by atoms with E-state index in [1.807, 2.05) is 28.2 Å². The fraction of sp³-hybridized carbons (Fsp3) is 0.667. The van der Waals surface area contributed by atoms with E-state index in [1.165, 1.54) is 0 Å². The molecule has 2 nitrogen and oxygen atoms in total. The van der Waals surface area contributed by atoms with Gasteiger partial charge in [-0.15, -0.1) is 0 Å². The Morgan fingerprint density at radius 1 is 0.786 bits per heavy atom. The van der Waals surface area contributed by atoms with Crippen molar-refractivity contribution in [2.45, 2.75) is 0 Å². The summed E-state index contributed by atoms with van der Waals surface area (Å²) >= 11 is 18.2. The van der Waals surface area contributed by atoms with Gasteiger partial charge in [0.25, 0.3) is 0 Å². The largest absolute Gasteiger partial charge is 2.00 e. The van der Waals surface area contributed by atoms with Crippen molar-refractivity contribution in [3.05, 3.63) is 0 Å². The van der Waals surface area contributed by atoms with Crippen LogP contribution in [0.1, 0.15) is 0 Å². The van der Waals surface area contributed by atoms with E-state index in [1.54, 1.807) is 9.80 Å². The molecule has 72 valence electrons. The number of nitrogens with zero attached hydrogens (tertiary/aromatic N) is 2. The van der Waals surface area contributed by atoms with Crippen molar-refractivity contribution in [1.29, 1.82) is 0 Å². The van der Waals surface area contributed by atoms with Gasteiger partial charge in [0.15, 0.2) is 0 Å². The van der Waals surface area contributed by atoms with E-state index in [-0.39, 0.29) is 39.0 Å². The van der Waals surface area contributed by atoms with Crippen LogP contribution in [0.15, 0.2) is 0 Å². The van der Waals surface area contributed by atoms with Crippen molar-refractivity contribution in [2.24, 2.45) is 0 Å². The van der Waals surface area contributed by atoms with Crippen LogP contribution in [-0.4, -0.2) is 46.6 Å². The molecular weight excluding hydrogens is 359 g/mol. The molecule has 0 aliphatic heterocycles. The Balaban J connectivity index is -0.0000000625. The number of thiocarbonyl (C=S) groups is 2. The van der Waals surface area contributed by atoms with Gasteiger partial charge in [0.2, 0.25) is 0 Å². The Hall–Kier alpha value is 1.47. The van der Waals surface area contributed by atoms with E-state index in [9.17, 15) is 0 Å². The molecule has 0 spiro atoms. The summed E-state index contributed by atoms with van der Waals surface area (Å²) in [5, 5.41) is 0. The van der Waals surface area contributed by atoms with E-state index in [0.717, 1.165) is 0 Å². The molecule has 0 saturated carbocycles. The summed E-state index contributed by atoms with van der Waals surface area (Å²) in [4.78, 5) is 3.43. The van der Waals surface area contributed by atoms with Gasteiger partial charge in [0, 0.05) is 28.2 Å². The van der Waals surface area contributed by atoms with Gasteiger partial charge >= 0.3 is 39.0 Å². The average molecular weight is 371 g/mol. The van der Waals surface area contributed by atoms with Gasteiger partial charge in [0.05, 0.1) is 0 Å². The van der Waals surface area contributed by atoms with E-state index in [2.05, 4.69) is 49.7 Å². The molecule has 0 rings (SSSR count). The minimum Gasteiger partial charge on any atom is -0.411 e. The third-order valence-corrected chi connectivity index (χ3v) is 2.19. The molecule has 0 saturated heterocycles. The summed E-state index contributed by atoms with van der Waals surface area (Å²) in [7, 11) is 7.31. The van der Waals surface area contributed by atoms with Crippen LogP contribution >= 0.6 is 24.4 Å². The maximum Gasteiger partial charge on any atom is 2.00 e. The van der Waals surface area contributed by atoms with Crippen LogP contribution in [0.5, 0.6) is 0 Å². The van der Waals surface area contributed by atoms with Gasteiger partial charge < -0.3 is 59.5 Å². The first-order valence-corrected chi connectivity index (χ1v) is 4.69. The van der Waals surface area contributed by atoms with Gasteiger partial charge in [-0.2, -0.15) is 0 Å². The predicted molar refractivity (Wildman–Crippen MR) is 67.3 cm³/mol. The molecule has 0 aromatic carbocycles. The van der Waals surface area contributed by atoms with Crippen molar-refractivity contribution in [1.82, 2.24) is 9.80 Å². The van der Waals surface area contributed by atoms with Crippen LogP contribution in [0.2, 0.25) is 0 Å². The Bertz CT molecular complexity index is 146. The zero-order valence-electron chi connectivity index (χ0n) is 8.94. The topological polar surface area (TPSA) is 6.48 Å². The van der Waals surface area contributed by atoms with Gasteiger partial charge in [-0.25, -0.2) is 0 Å². The molecule has 0 heterocycles. The summed E-state index contributed by atoms with van der Waals surface area (Å²) in [5.41, 5.74) is 0. The van der Waals surface area contributed by atoms with Crippen molar-refractivity contribution in [2.75, 3.05) is 28.2 Å².